The summed E-state index contributed by atoms with van der Waals surface area (Å²) >= 11 is 1.28. The Morgan fingerprint density at radius 3 is 2.81 bits per heavy atom. The van der Waals surface area contributed by atoms with Gasteiger partial charge in [0.05, 0.1) is 15.9 Å². The molecule has 2 aromatic carbocycles. The Kier molecular flexibility index (Phi) is 10.2. The zero-order valence-corrected chi connectivity index (χ0v) is 22.7. The number of hydrogen-bond donors (Lipinski definition) is 4. The van der Waals surface area contributed by atoms with Gasteiger partial charge in [-0.25, -0.2) is 0 Å². The number of phenolic OH excluding ortho intramolecular Hbond substituents is 1. The smallest absolute Gasteiger partial charge is 0.305 e. The number of amides is 1. The van der Waals surface area contributed by atoms with Crippen molar-refractivity contribution < 1.29 is 9.90 Å². The zero-order valence-electron chi connectivity index (χ0n) is 21.9. The van der Waals surface area contributed by atoms with Gasteiger partial charge in [0.25, 0.3) is 0 Å². The molecule has 3 aromatic rings. The fraction of sp³-hybridized carbons (Fsp3) is 0.517. The summed E-state index contributed by atoms with van der Waals surface area (Å²) in [5, 5.41) is 16.3. The number of fused-ring (bicyclic) bond motifs is 2. The number of unbranched alkanes of at least 4 members (excludes halogenated alkanes) is 3. The second kappa shape index (κ2) is 13.7. The second-order valence-corrected chi connectivity index (χ2v) is 11.1. The van der Waals surface area contributed by atoms with E-state index >= 15 is 0 Å². The SMILES string of the molecule is CCCN(CCCCCCNCCc1ccc2[nH]c(=O)sc2c1)[C@@H]1CCc2cc(O)c(NC=O)cc2C1. The molecule has 0 unspecified atom stereocenters. The average molecular weight is 525 g/mol. The van der Waals surface area contributed by atoms with Gasteiger partial charge in [0.15, 0.2) is 0 Å². The first-order valence-electron chi connectivity index (χ1n) is 13.7. The van der Waals surface area contributed by atoms with Crippen LogP contribution in [-0.2, 0) is 24.1 Å². The molecular weight excluding hydrogens is 484 g/mol. The van der Waals surface area contributed by atoms with E-state index in [1.165, 1.54) is 53.7 Å². The largest absolute Gasteiger partial charge is 0.506 e. The van der Waals surface area contributed by atoms with Crippen molar-refractivity contribution in [3.05, 3.63) is 56.7 Å². The highest BCUT2D eigenvalue weighted by atomic mass is 32.1. The lowest BCUT2D eigenvalue weighted by Gasteiger charge is -2.35. The molecule has 37 heavy (non-hydrogen) atoms. The number of nitrogens with zero attached hydrogens (tertiary/aromatic N) is 1. The number of hydrogen-bond acceptors (Lipinski definition) is 6. The predicted octanol–water partition coefficient (Wildman–Crippen LogP) is 4.83. The maximum Gasteiger partial charge on any atom is 0.305 e. The standard InChI is InChI=1S/C29H40N4O3S/c1-2-14-33(24-9-8-22-19-27(35)26(31-20-34)18-23(22)17-24)15-6-4-3-5-12-30-13-11-21-7-10-25-28(16-21)37-29(36)32-25/h7,10,16,18-20,24,30,35H,2-6,8-9,11-15,17H2,1H3,(H,31,34)(H,32,36)/t24-/m1/s1. The number of H-pyrrole nitrogens is 1. The van der Waals surface area contributed by atoms with Crippen molar-refractivity contribution in [2.24, 2.45) is 0 Å². The summed E-state index contributed by atoms with van der Waals surface area (Å²) in [5.41, 5.74) is 5.15. The molecule has 1 aliphatic carbocycles. The lowest BCUT2D eigenvalue weighted by molar-refractivity contribution is -0.105. The maximum absolute atomic E-state index is 11.5. The molecule has 7 nitrogen and oxygen atoms in total. The molecule has 8 heteroatoms. The summed E-state index contributed by atoms with van der Waals surface area (Å²) in [5.74, 6) is 0.154. The van der Waals surface area contributed by atoms with Crippen molar-refractivity contribution in [3.63, 3.8) is 0 Å². The van der Waals surface area contributed by atoms with Crippen molar-refractivity contribution in [1.29, 1.82) is 0 Å². The fourth-order valence-corrected chi connectivity index (χ4v) is 6.25. The maximum atomic E-state index is 11.5. The summed E-state index contributed by atoms with van der Waals surface area (Å²) in [4.78, 5) is 27.8. The van der Waals surface area contributed by atoms with E-state index in [9.17, 15) is 14.7 Å². The fourth-order valence-electron chi connectivity index (χ4n) is 5.45. The monoisotopic (exact) mass is 524 g/mol. The number of aromatic amines is 1. The number of rotatable bonds is 15. The molecular formula is C29H40N4O3S. The van der Waals surface area contributed by atoms with E-state index in [2.05, 4.69) is 39.6 Å². The van der Waals surface area contributed by atoms with Gasteiger partial charge in [-0.1, -0.05) is 37.2 Å². The summed E-state index contributed by atoms with van der Waals surface area (Å²) < 4.78 is 1.04. The van der Waals surface area contributed by atoms with E-state index in [1.54, 1.807) is 0 Å². The molecule has 1 atom stereocenters. The first kappa shape index (κ1) is 27.4. The number of thiazole rings is 1. The van der Waals surface area contributed by atoms with E-state index in [4.69, 9.17) is 0 Å². The third kappa shape index (κ3) is 7.66. The minimum absolute atomic E-state index is 0.00976. The Bertz CT molecular complexity index is 1220. The number of anilines is 1. The van der Waals surface area contributed by atoms with Crippen LogP contribution in [0.25, 0.3) is 10.2 Å². The third-order valence-corrected chi connectivity index (χ3v) is 8.23. The number of carbonyl (C=O) groups is 1. The van der Waals surface area contributed by atoms with Crippen LogP contribution in [0, 0.1) is 0 Å². The molecule has 0 bridgehead atoms. The molecule has 4 rings (SSSR count). The van der Waals surface area contributed by atoms with Gasteiger partial charge in [0.1, 0.15) is 5.75 Å². The van der Waals surface area contributed by atoms with Crippen molar-refractivity contribution in [2.45, 2.75) is 70.8 Å². The molecule has 1 aliphatic rings. The third-order valence-electron chi connectivity index (χ3n) is 7.39. The number of phenols is 1. The van der Waals surface area contributed by atoms with Crippen LogP contribution in [0.5, 0.6) is 5.75 Å². The summed E-state index contributed by atoms with van der Waals surface area (Å²) in [7, 11) is 0. The highest BCUT2D eigenvalue weighted by Gasteiger charge is 2.24. The minimum Gasteiger partial charge on any atom is -0.506 e. The van der Waals surface area contributed by atoms with Crippen LogP contribution >= 0.6 is 11.3 Å². The highest BCUT2D eigenvalue weighted by Crippen LogP contribution is 2.33. The Balaban J connectivity index is 1.13. The average Bonchev–Trinajstić information content (AvgIpc) is 3.26. The number of nitrogens with one attached hydrogen (secondary N) is 3. The van der Waals surface area contributed by atoms with Crippen molar-refractivity contribution >= 4 is 33.7 Å². The van der Waals surface area contributed by atoms with Crippen LogP contribution in [0.3, 0.4) is 0 Å². The van der Waals surface area contributed by atoms with E-state index in [1.807, 2.05) is 18.2 Å². The van der Waals surface area contributed by atoms with Gasteiger partial charge < -0.3 is 25.6 Å². The van der Waals surface area contributed by atoms with Crippen molar-refractivity contribution in [2.75, 3.05) is 31.5 Å². The number of benzene rings is 2. The summed E-state index contributed by atoms with van der Waals surface area (Å²) in [6, 6.07) is 10.5. The van der Waals surface area contributed by atoms with Crippen LogP contribution < -0.4 is 15.5 Å². The topological polar surface area (TPSA) is 97.5 Å². The van der Waals surface area contributed by atoms with E-state index in [0.717, 1.165) is 68.5 Å². The van der Waals surface area contributed by atoms with E-state index in [-0.39, 0.29) is 10.6 Å². The van der Waals surface area contributed by atoms with Crippen LogP contribution in [0.2, 0.25) is 0 Å². The first-order chi connectivity index (χ1) is 18.1. The molecule has 4 N–H and O–H groups in total. The number of aromatic hydroxyl groups is 1. The number of aromatic nitrogens is 1. The van der Waals surface area contributed by atoms with Crippen LogP contribution in [0.1, 0.15) is 62.1 Å². The lowest BCUT2D eigenvalue weighted by Crippen LogP contribution is -2.40. The Labute approximate surface area is 223 Å². The molecule has 1 aromatic heterocycles. The van der Waals surface area contributed by atoms with Crippen LogP contribution in [0.15, 0.2) is 35.1 Å². The highest BCUT2D eigenvalue weighted by molar-refractivity contribution is 7.16. The molecule has 0 spiro atoms. The van der Waals surface area contributed by atoms with Crippen LogP contribution in [-0.4, -0.2) is 53.6 Å². The Morgan fingerprint density at radius 2 is 1.97 bits per heavy atom. The van der Waals surface area contributed by atoms with Gasteiger partial charge in [-0.05, 0) is 112 Å². The van der Waals surface area contributed by atoms with Crippen LogP contribution in [0.4, 0.5) is 5.69 Å². The van der Waals surface area contributed by atoms with E-state index < -0.39 is 0 Å². The molecule has 0 fully saturated rings. The zero-order chi connectivity index (χ0) is 26.0. The normalized spacial score (nSPS) is 15.2. The second-order valence-electron chi connectivity index (χ2n) is 10.1. The molecule has 0 saturated carbocycles. The molecule has 1 amide bonds. The summed E-state index contributed by atoms with van der Waals surface area (Å²) in [6.07, 6.45) is 10.7. The number of carbonyl (C=O) groups excluding carboxylic acids is 1. The Morgan fingerprint density at radius 1 is 1.11 bits per heavy atom. The quantitative estimate of drug-likeness (QED) is 0.130. The van der Waals surface area contributed by atoms with Gasteiger partial charge >= 0.3 is 4.87 Å². The predicted molar refractivity (Wildman–Crippen MR) is 153 cm³/mol. The van der Waals surface area contributed by atoms with Gasteiger partial charge in [-0.15, -0.1) is 0 Å². The molecule has 1 heterocycles. The Hall–Kier alpha value is -2.68. The minimum atomic E-state index is 0.00976. The summed E-state index contributed by atoms with van der Waals surface area (Å²) in [6.45, 7) is 6.50. The van der Waals surface area contributed by atoms with Gasteiger partial charge in [-0.2, -0.15) is 0 Å². The molecule has 0 radical (unpaired) electrons. The number of aryl methyl sites for hydroxylation is 1. The van der Waals surface area contributed by atoms with Gasteiger partial charge in [-0.3, -0.25) is 9.59 Å². The molecule has 0 saturated heterocycles. The lowest BCUT2D eigenvalue weighted by atomic mass is 9.86. The molecule has 0 aliphatic heterocycles. The first-order valence-corrected chi connectivity index (χ1v) is 14.5. The van der Waals surface area contributed by atoms with Crippen molar-refractivity contribution in [3.8, 4) is 5.75 Å². The van der Waals surface area contributed by atoms with E-state index in [0.29, 0.717) is 18.1 Å². The van der Waals surface area contributed by atoms with Gasteiger partial charge in [0, 0.05) is 6.04 Å². The van der Waals surface area contributed by atoms with Crippen molar-refractivity contribution in [1.82, 2.24) is 15.2 Å². The molecule has 200 valence electrons. The van der Waals surface area contributed by atoms with Gasteiger partial charge in [0.2, 0.25) is 6.41 Å².